The highest BCUT2D eigenvalue weighted by atomic mass is 16.5. The van der Waals surface area contributed by atoms with E-state index in [1.54, 1.807) is 12.1 Å². The van der Waals surface area contributed by atoms with Gasteiger partial charge in [-0.25, -0.2) is 9.59 Å². The van der Waals surface area contributed by atoms with Gasteiger partial charge in [0.15, 0.2) is 18.1 Å². The van der Waals surface area contributed by atoms with Crippen LogP contribution in [0.4, 0.5) is 5.82 Å². The van der Waals surface area contributed by atoms with E-state index in [9.17, 15) is 19.2 Å². The highest BCUT2D eigenvalue weighted by Crippen LogP contribution is 2.31. The smallest absolute Gasteiger partial charge is 0.342 e. The molecule has 0 unspecified atom stereocenters. The van der Waals surface area contributed by atoms with E-state index in [0.717, 1.165) is 9.13 Å². The lowest BCUT2D eigenvalue weighted by atomic mass is 10.1. The second kappa shape index (κ2) is 9.29. The lowest BCUT2D eigenvalue weighted by molar-refractivity contribution is 0.0470. The summed E-state index contributed by atoms with van der Waals surface area (Å²) in [7, 11) is 4.04. The van der Waals surface area contributed by atoms with Crippen molar-refractivity contribution in [3.63, 3.8) is 0 Å². The van der Waals surface area contributed by atoms with Crippen molar-refractivity contribution in [2.45, 2.75) is 20.4 Å². The van der Waals surface area contributed by atoms with E-state index in [1.807, 2.05) is 13.8 Å². The van der Waals surface area contributed by atoms with Crippen molar-refractivity contribution < 1.29 is 23.8 Å². The van der Waals surface area contributed by atoms with Gasteiger partial charge in [0.1, 0.15) is 16.9 Å². The average Bonchev–Trinajstić information content (AvgIpc) is 2.72. The Morgan fingerprint density at radius 1 is 1.13 bits per heavy atom. The van der Waals surface area contributed by atoms with E-state index < -0.39 is 35.2 Å². The minimum absolute atomic E-state index is 0.0452. The van der Waals surface area contributed by atoms with Gasteiger partial charge in [-0.1, -0.05) is 19.9 Å². The van der Waals surface area contributed by atoms with Crippen molar-refractivity contribution in [1.82, 2.24) is 9.13 Å². The first-order valence-electron chi connectivity index (χ1n) is 9.14. The third kappa shape index (κ3) is 4.37. The van der Waals surface area contributed by atoms with Crippen molar-refractivity contribution in [3.8, 4) is 11.5 Å². The number of para-hydroxylation sites is 1. The van der Waals surface area contributed by atoms with Crippen LogP contribution in [-0.2, 0) is 18.3 Å². The van der Waals surface area contributed by atoms with Gasteiger partial charge in [-0.05, 0) is 18.1 Å². The number of aromatic nitrogens is 2. The molecule has 2 aromatic rings. The van der Waals surface area contributed by atoms with E-state index in [2.05, 4.69) is 0 Å². The van der Waals surface area contributed by atoms with Crippen LogP contribution < -0.4 is 26.5 Å². The summed E-state index contributed by atoms with van der Waals surface area (Å²) in [5.74, 6) is -1.40. The van der Waals surface area contributed by atoms with Crippen LogP contribution in [0.3, 0.4) is 0 Å². The number of nitrogens with zero attached hydrogens (tertiary/aromatic N) is 2. The van der Waals surface area contributed by atoms with Crippen molar-refractivity contribution >= 4 is 17.6 Å². The van der Waals surface area contributed by atoms with Crippen LogP contribution in [0, 0.1) is 5.92 Å². The zero-order valence-corrected chi connectivity index (χ0v) is 17.6. The van der Waals surface area contributed by atoms with Crippen molar-refractivity contribution in [2.75, 3.05) is 26.6 Å². The molecule has 162 valence electrons. The molecule has 0 saturated heterocycles. The summed E-state index contributed by atoms with van der Waals surface area (Å²) < 4.78 is 17.3. The SMILES string of the molecule is COc1cccc(C(=O)OCC(=O)c2c(N)n(CC(C)C)c(=O)n(C)c2=O)c1OC. The minimum atomic E-state index is -0.850. The lowest BCUT2D eigenvalue weighted by Gasteiger charge is -2.16. The van der Waals surface area contributed by atoms with Crippen LogP contribution in [-0.4, -0.2) is 41.7 Å². The summed E-state index contributed by atoms with van der Waals surface area (Å²) in [5, 5.41) is 0. The number of benzene rings is 1. The number of esters is 1. The maximum atomic E-state index is 12.7. The molecule has 0 aliphatic carbocycles. The molecule has 0 saturated carbocycles. The van der Waals surface area contributed by atoms with Crippen molar-refractivity contribution in [2.24, 2.45) is 13.0 Å². The molecule has 1 aromatic heterocycles. The normalized spacial score (nSPS) is 10.7. The molecular formula is C20H25N3O7. The first kappa shape index (κ1) is 22.7. The standard InChI is InChI=1S/C20H25N3O7/c1-11(2)9-23-17(21)15(18(25)22(3)20(23)27)13(24)10-30-19(26)12-7-6-8-14(28-4)16(12)29-5/h6-8,11H,9-10,21H2,1-5H3. The molecule has 0 spiro atoms. The van der Waals surface area contributed by atoms with E-state index >= 15 is 0 Å². The minimum Gasteiger partial charge on any atom is -0.493 e. The van der Waals surface area contributed by atoms with Gasteiger partial charge in [0, 0.05) is 13.6 Å². The number of ketones is 1. The highest BCUT2D eigenvalue weighted by molar-refractivity contribution is 6.02. The Labute approximate surface area is 172 Å². The van der Waals surface area contributed by atoms with Crippen LogP contribution in [0.25, 0.3) is 0 Å². The van der Waals surface area contributed by atoms with Gasteiger partial charge in [-0.3, -0.25) is 18.7 Å². The number of carbonyl (C=O) groups excluding carboxylic acids is 2. The first-order valence-corrected chi connectivity index (χ1v) is 9.14. The van der Waals surface area contributed by atoms with Gasteiger partial charge in [-0.2, -0.15) is 0 Å². The Bertz CT molecular complexity index is 1080. The van der Waals surface area contributed by atoms with Gasteiger partial charge >= 0.3 is 11.7 Å². The quantitative estimate of drug-likeness (QED) is 0.492. The predicted octanol–water partition coefficient (Wildman–Crippen LogP) is 0.842. The fourth-order valence-corrected chi connectivity index (χ4v) is 2.92. The van der Waals surface area contributed by atoms with E-state index in [0.29, 0.717) is 5.75 Å². The second-order valence-corrected chi connectivity index (χ2v) is 6.95. The fraction of sp³-hybridized carbons (Fsp3) is 0.400. The Morgan fingerprint density at radius 3 is 2.37 bits per heavy atom. The molecule has 10 heteroatoms. The van der Waals surface area contributed by atoms with Crippen LogP contribution in [0.5, 0.6) is 11.5 Å². The van der Waals surface area contributed by atoms with E-state index in [-0.39, 0.29) is 29.6 Å². The molecule has 2 N–H and O–H groups in total. The molecule has 1 aromatic carbocycles. The maximum Gasteiger partial charge on any atom is 0.342 e. The molecule has 2 rings (SSSR count). The number of carbonyl (C=O) groups is 2. The third-order valence-electron chi connectivity index (χ3n) is 4.37. The number of nitrogens with two attached hydrogens (primary N) is 1. The van der Waals surface area contributed by atoms with Gasteiger partial charge in [-0.15, -0.1) is 0 Å². The fourth-order valence-electron chi connectivity index (χ4n) is 2.92. The van der Waals surface area contributed by atoms with Gasteiger partial charge in [0.05, 0.1) is 14.2 Å². The summed E-state index contributed by atoms with van der Waals surface area (Å²) in [6.07, 6.45) is 0. The Morgan fingerprint density at radius 2 is 1.80 bits per heavy atom. The van der Waals surface area contributed by atoms with Crippen LogP contribution >= 0.6 is 0 Å². The number of ether oxygens (including phenoxy) is 3. The summed E-state index contributed by atoms with van der Waals surface area (Å²) in [4.78, 5) is 49.9. The Kier molecular flexibility index (Phi) is 7.04. The molecule has 0 atom stereocenters. The number of hydrogen-bond donors (Lipinski definition) is 1. The molecule has 10 nitrogen and oxygen atoms in total. The average molecular weight is 419 g/mol. The lowest BCUT2D eigenvalue weighted by Crippen LogP contribution is -2.43. The second-order valence-electron chi connectivity index (χ2n) is 6.95. The zero-order valence-electron chi connectivity index (χ0n) is 17.6. The molecule has 0 amide bonds. The highest BCUT2D eigenvalue weighted by Gasteiger charge is 2.24. The number of methoxy groups -OCH3 is 2. The number of nitrogen functional groups attached to an aromatic ring is 1. The molecule has 30 heavy (non-hydrogen) atoms. The summed E-state index contributed by atoms with van der Waals surface area (Å²) in [6.45, 7) is 3.21. The number of Topliss-reactive ketones (excluding diaryl/α,β-unsaturated/α-hetero) is 1. The Balaban J connectivity index is 2.34. The molecule has 0 fully saturated rings. The van der Waals surface area contributed by atoms with Crippen LogP contribution in [0.1, 0.15) is 34.6 Å². The zero-order chi connectivity index (χ0) is 22.6. The third-order valence-corrected chi connectivity index (χ3v) is 4.37. The van der Waals surface area contributed by atoms with Crippen molar-refractivity contribution in [1.29, 1.82) is 0 Å². The Hall–Kier alpha value is -3.56. The van der Waals surface area contributed by atoms with Crippen molar-refractivity contribution in [3.05, 3.63) is 50.2 Å². The molecule has 0 aliphatic heterocycles. The molecule has 1 heterocycles. The molecule has 0 bridgehead atoms. The largest absolute Gasteiger partial charge is 0.493 e. The van der Waals surface area contributed by atoms with E-state index in [1.165, 1.54) is 27.3 Å². The number of rotatable bonds is 8. The summed E-state index contributed by atoms with van der Waals surface area (Å²) >= 11 is 0. The predicted molar refractivity (Wildman–Crippen MR) is 109 cm³/mol. The van der Waals surface area contributed by atoms with E-state index in [4.69, 9.17) is 19.9 Å². The summed E-state index contributed by atoms with van der Waals surface area (Å²) in [5.41, 5.74) is 4.13. The van der Waals surface area contributed by atoms with Crippen LogP contribution in [0.2, 0.25) is 0 Å². The van der Waals surface area contributed by atoms with Crippen LogP contribution in [0.15, 0.2) is 27.8 Å². The number of hydrogen-bond acceptors (Lipinski definition) is 8. The molecule has 0 aliphatic rings. The monoisotopic (exact) mass is 419 g/mol. The number of anilines is 1. The van der Waals surface area contributed by atoms with Gasteiger partial charge in [0.25, 0.3) is 5.56 Å². The van der Waals surface area contributed by atoms with Gasteiger partial charge < -0.3 is 19.9 Å². The summed E-state index contributed by atoms with van der Waals surface area (Å²) in [6, 6.07) is 4.61. The maximum absolute atomic E-state index is 12.7. The van der Waals surface area contributed by atoms with Gasteiger partial charge in [0.2, 0.25) is 5.78 Å². The molecular weight excluding hydrogens is 394 g/mol. The molecule has 0 radical (unpaired) electrons. The first-order chi connectivity index (χ1) is 14.1. The topological polar surface area (TPSA) is 132 Å².